The number of esters is 1. The van der Waals surface area contributed by atoms with Crippen molar-refractivity contribution in [3.05, 3.63) is 71.0 Å². The lowest BCUT2D eigenvalue weighted by Gasteiger charge is -2.44. The van der Waals surface area contributed by atoms with Crippen LogP contribution in [0.15, 0.2) is 48.8 Å². The van der Waals surface area contributed by atoms with Crippen molar-refractivity contribution in [3.8, 4) is 5.69 Å². The fraction of sp³-hybridized carbons (Fsp3) is 0.444. The number of carbonyl (C=O) groups excluding carboxylic acids is 2. The third kappa shape index (κ3) is 5.16. The SMILES string of the molecule is CC1Cc2cc(CCN3C[C@@H](C)N(C(=O)Cc4ccc(-n5cnnn5)cc4)[C@H](C)C3)ccc2C(=O)O1. The Labute approximate surface area is 211 Å². The molecule has 5 rings (SSSR count). The van der Waals surface area contributed by atoms with E-state index in [2.05, 4.69) is 40.3 Å². The van der Waals surface area contributed by atoms with Crippen LogP contribution in [0.1, 0.15) is 47.8 Å². The first-order valence-corrected chi connectivity index (χ1v) is 12.6. The van der Waals surface area contributed by atoms with Crippen LogP contribution in [0.3, 0.4) is 0 Å². The van der Waals surface area contributed by atoms with E-state index < -0.39 is 0 Å². The highest BCUT2D eigenvalue weighted by atomic mass is 16.5. The van der Waals surface area contributed by atoms with Gasteiger partial charge in [-0.1, -0.05) is 24.3 Å². The number of benzene rings is 2. The fourth-order valence-corrected chi connectivity index (χ4v) is 5.47. The van der Waals surface area contributed by atoms with E-state index in [0.717, 1.165) is 49.3 Å². The molecule has 0 radical (unpaired) electrons. The molecular weight excluding hydrogens is 456 g/mol. The highest BCUT2D eigenvalue weighted by Gasteiger charge is 2.32. The average Bonchev–Trinajstić information content (AvgIpc) is 3.37. The minimum Gasteiger partial charge on any atom is -0.459 e. The van der Waals surface area contributed by atoms with E-state index in [4.69, 9.17) is 4.74 Å². The van der Waals surface area contributed by atoms with E-state index in [0.29, 0.717) is 12.0 Å². The van der Waals surface area contributed by atoms with E-state index in [1.807, 2.05) is 48.2 Å². The molecule has 1 unspecified atom stereocenters. The molecule has 2 aliphatic rings. The molecule has 9 heteroatoms. The van der Waals surface area contributed by atoms with Gasteiger partial charge in [-0.05, 0) is 72.5 Å². The van der Waals surface area contributed by atoms with Gasteiger partial charge in [-0.15, -0.1) is 5.10 Å². The summed E-state index contributed by atoms with van der Waals surface area (Å²) in [7, 11) is 0. The number of ether oxygens (including phenoxy) is 1. The minimum atomic E-state index is -0.220. The third-order valence-electron chi connectivity index (χ3n) is 7.11. The lowest BCUT2D eigenvalue weighted by atomic mass is 9.95. The molecule has 9 nitrogen and oxygen atoms in total. The predicted molar refractivity (Wildman–Crippen MR) is 134 cm³/mol. The second kappa shape index (κ2) is 10.2. The number of piperazine rings is 1. The Hall–Kier alpha value is -3.59. The lowest BCUT2D eigenvalue weighted by Crippen LogP contribution is -2.59. The van der Waals surface area contributed by atoms with Crippen molar-refractivity contribution in [3.63, 3.8) is 0 Å². The molecule has 188 valence electrons. The summed E-state index contributed by atoms with van der Waals surface area (Å²) < 4.78 is 6.92. The van der Waals surface area contributed by atoms with Crippen LogP contribution >= 0.6 is 0 Å². The molecule has 1 aromatic heterocycles. The first-order valence-electron chi connectivity index (χ1n) is 12.6. The Morgan fingerprint density at radius 3 is 2.44 bits per heavy atom. The number of aromatic nitrogens is 4. The molecule has 1 fully saturated rings. The van der Waals surface area contributed by atoms with Gasteiger partial charge in [0.2, 0.25) is 5.91 Å². The van der Waals surface area contributed by atoms with Crippen LogP contribution in [-0.2, 0) is 28.8 Å². The Balaban J connectivity index is 1.16. The molecule has 1 saturated heterocycles. The monoisotopic (exact) mass is 488 g/mol. The number of tetrazole rings is 1. The number of carbonyl (C=O) groups is 2. The molecule has 3 heterocycles. The summed E-state index contributed by atoms with van der Waals surface area (Å²) in [6.45, 7) is 8.82. The largest absolute Gasteiger partial charge is 0.459 e. The maximum Gasteiger partial charge on any atom is 0.338 e. The smallest absolute Gasteiger partial charge is 0.338 e. The summed E-state index contributed by atoms with van der Waals surface area (Å²) in [4.78, 5) is 29.8. The normalized spacial score (nSPS) is 22.2. The molecule has 0 spiro atoms. The van der Waals surface area contributed by atoms with Crippen LogP contribution < -0.4 is 0 Å². The molecule has 36 heavy (non-hydrogen) atoms. The van der Waals surface area contributed by atoms with Crippen molar-refractivity contribution < 1.29 is 14.3 Å². The van der Waals surface area contributed by atoms with Gasteiger partial charge in [0.15, 0.2) is 0 Å². The molecule has 0 N–H and O–H groups in total. The number of rotatable bonds is 6. The van der Waals surface area contributed by atoms with Crippen molar-refractivity contribution in [2.75, 3.05) is 19.6 Å². The Kier molecular flexibility index (Phi) is 6.82. The van der Waals surface area contributed by atoms with E-state index in [-0.39, 0.29) is 30.1 Å². The molecule has 2 aromatic carbocycles. The van der Waals surface area contributed by atoms with Gasteiger partial charge in [0, 0.05) is 38.1 Å². The topological polar surface area (TPSA) is 93.5 Å². The molecule has 0 aliphatic carbocycles. The van der Waals surface area contributed by atoms with E-state index >= 15 is 0 Å². The highest BCUT2D eigenvalue weighted by Crippen LogP contribution is 2.23. The summed E-state index contributed by atoms with van der Waals surface area (Å²) in [6.07, 6.45) is 3.53. The van der Waals surface area contributed by atoms with Crippen molar-refractivity contribution in [1.82, 2.24) is 30.0 Å². The standard InChI is InChI=1S/C27H32N6O3/c1-18-15-31(11-10-22-6-9-25-23(13-22)12-20(3)36-27(25)35)16-19(2)33(18)26(34)14-21-4-7-24(8-5-21)32-17-28-29-30-32/h4-9,13,17-20H,10-12,14-16H2,1-3H3/t18-,19-,20?/m1/s1. The maximum atomic E-state index is 13.2. The second-order valence-electron chi connectivity index (χ2n) is 10.0. The molecule has 2 aliphatic heterocycles. The Morgan fingerprint density at radius 1 is 1.03 bits per heavy atom. The first-order chi connectivity index (χ1) is 17.4. The summed E-state index contributed by atoms with van der Waals surface area (Å²) in [5.74, 6) is -0.0669. The molecular formula is C27H32N6O3. The fourth-order valence-electron chi connectivity index (χ4n) is 5.47. The number of nitrogens with zero attached hydrogens (tertiary/aromatic N) is 6. The Morgan fingerprint density at radius 2 is 1.75 bits per heavy atom. The molecule has 0 bridgehead atoms. The van der Waals surface area contributed by atoms with Crippen LogP contribution in [0, 0.1) is 0 Å². The van der Waals surface area contributed by atoms with Gasteiger partial charge < -0.3 is 9.64 Å². The van der Waals surface area contributed by atoms with Crippen LogP contribution in [0.5, 0.6) is 0 Å². The quantitative estimate of drug-likeness (QED) is 0.492. The van der Waals surface area contributed by atoms with Crippen LogP contribution in [0.4, 0.5) is 0 Å². The number of amides is 1. The van der Waals surface area contributed by atoms with E-state index in [1.54, 1.807) is 11.0 Å². The van der Waals surface area contributed by atoms with Gasteiger partial charge in [0.1, 0.15) is 12.4 Å². The predicted octanol–water partition coefficient (Wildman–Crippen LogP) is 2.47. The maximum absolute atomic E-state index is 13.2. The summed E-state index contributed by atoms with van der Waals surface area (Å²) >= 11 is 0. The summed E-state index contributed by atoms with van der Waals surface area (Å²) in [6, 6.07) is 14.1. The molecule has 3 aromatic rings. The highest BCUT2D eigenvalue weighted by molar-refractivity contribution is 5.92. The van der Waals surface area contributed by atoms with Gasteiger partial charge in [-0.2, -0.15) is 0 Å². The van der Waals surface area contributed by atoms with E-state index in [9.17, 15) is 9.59 Å². The van der Waals surface area contributed by atoms with Crippen molar-refractivity contribution in [2.24, 2.45) is 0 Å². The number of hydrogen-bond acceptors (Lipinski definition) is 7. The van der Waals surface area contributed by atoms with Crippen LogP contribution in [0.25, 0.3) is 5.69 Å². The number of fused-ring (bicyclic) bond motifs is 1. The Bertz CT molecular complexity index is 1210. The van der Waals surface area contributed by atoms with Gasteiger partial charge in [-0.3, -0.25) is 9.69 Å². The average molecular weight is 489 g/mol. The molecule has 0 saturated carbocycles. The van der Waals surface area contributed by atoms with Crippen molar-refractivity contribution >= 4 is 11.9 Å². The van der Waals surface area contributed by atoms with E-state index in [1.165, 1.54) is 5.56 Å². The minimum absolute atomic E-state index is 0.0727. The zero-order valence-electron chi connectivity index (χ0n) is 21.0. The van der Waals surface area contributed by atoms with Crippen LogP contribution in [-0.4, -0.2) is 79.7 Å². The third-order valence-corrected chi connectivity index (χ3v) is 7.11. The number of cyclic esters (lactones) is 1. The van der Waals surface area contributed by atoms with Gasteiger partial charge >= 0.3 is 5.97 Å². The molecule has 3 atom stereocenters. The van der Waals surface area contributed by atoms with Crippen LogP contribution in [0.2, 0.25) is 0 Å². The van der Waals surface area contributed by atoms with Crippen molar-refractivity contribution in [2.45, 2.75) is 58.2 Å². The summed E-state index contributed by atoms with van der Waals surface area (Å²) in [5, 5.41) is 11.2. The first kappa shape index (κ1) is 24.1. The van der Waals surface area contributed by atoms with Gasteiger partial charge in [0.25, 0.3) is 0 Å². The zero-order valence-corrected chi connectivity index (χ0v) is 21.0. The second-order valence-corrected chi connectivity index (χ2v) is 10.0. The zero-order chi connectivity index (χ0) is 25.2. The molecule has 1 amide bonds. The van der Waals surface area contributed by atoms with Gasteiger partial charge in [0.05, 0.1) is 17.7 Å². The summed E-state index contributed by atoms with van der Waals surface area (Å²) in [5.41, 5.74) is 4.85. The van der Waals surface area contributed by atoms with Crippen molar-refractivity contribution in [1.29, 1.82) is 0 Å². The lowest BCUT2D eigenvalue weighted by molar-refractivity contribution is -0.138. The van der Waals surface area contributed by atoms with Gasteiger partial charge in [-0.25, -0.2) is 9.48 Å². The number of hydrogen-bond donors (Lipinski definition) is 0.